The number of rotatable bonds is 1. The van der Waals surface area contributed by atoms with Gasteiger partial charge in [0.25, 0.3) is 0 Å². The van der Waals surface area contributed by atoms with E-state index in [0.717, 1.165) is 6.42 Å². The summed E-state index contributed by atoms with van der Waals surface area (Å²) >= 11 is 0. The molecule has 0 amide bonds. The monoisotopic (exact) mass is 714 g/mol. The van der Waals surface area contributed by atoms with Crippen molar-refractivity contribution in [3.05, 3.63) is 230 Å². The van der Waals surface area contributed by atoms with Crippen LogP contribution in [0.15, 0.2) is 224 Å². The van der Waals surface area contributed by atoms with Crippen molar-refractivity contribution in [1.29, 1.82) is 0 Å². The van der Waals surface area contributed by atoms with Crippen molar-refractivity contribution in [3.63, 3.8) is 0 Å². The van der Waals surface area contributed by atoms with Gasteiger partial charge in [-0.15, -0.1) is 0 Å². The zero-order valence-electron chi connectivity index (χ0n) is 31.6. The molecule has 1 aliphatic carbocycles. The van der Waals surface area contributed by atoms with E-state index in [1.807, 2.05) is 6.07 Å². The van der Waals surface area contributed by atoms with Gasteiger partial charge in [0, 0.05) is 0 Å². The third-order valence-electron chi connectivity index (χ3n) is 11.0. The number of hydrogen-bond donors (Lipinski definition) is 0. The fraction of sp³-hybridized carbons (Fsp3) is 0.0357. The first-order valence-corrected chi connectivity index (χ1v) is 19.6. The lowest BCUT2D eigenvalue weighted by Gasteiger charge is -2.22. The molecular weight excluding hydrogens is 673 g/mol. The molecule has 0 aliphatic heterocycles. The van der Waals surface area contributed by atoms with Gasteiger partial charge in [0.15, 0.2) is 0 Å². The maximum atomic E-state index is 2.28. The van der Waals surface area contributed by atoms with Crippen LogP contribution in [0, 0.1) is 0 Å². The Morgan fingerprint density at radius 1 is 0.179 bits per heavy atom. The highest BCUT2D eigenvalue weighted by molar-refractivity contribution is 6.04. The molecule has 9 aromatic carbocycles. The molecule has 10 rings (SSSR count). The molecule has 0 fully saturated rings. The Bertz CT molecular complexity index is 2040. The Hall–Kier alpha value is -7.02. The zero-order chi connectivity index (χ0) is 37.7. The quantitative estimate of drug-likeness (QED) is 0.159. The van der Waals surface area contributed by atoms with Crippen LogP contribution in [0.4, 0.5) is 0 Å². The van der Waals surface area contributed by atoms with Gasteiger partial charge in [-0.2, -0.15) is 0 Å². The lowest BCUT2D eigenvalue weighted by atomic mass is 9.81. The van der Waals surface area contributed by atoms with Gasteiger partial charge in [-0.25, -0.2) is 0 Å². The third kappa shape index (κ3) is 6.57. The van der Waals surface area contributed by atoms with Crippen LogP contribution in [-0.2, 0) is 6.42 Å². The predicted molar refractivity (Wildman–Crippen MR) is 239 cm³/mol. The van der Waals surface area contributed by atoms with Crippen LogP contribution in [-0.4, -0.2) is 0 Å². The third-order valence-corrected chi connectivity index (χ3v) is 11.0. The van der Waals surface area contributed by atoms with E-state index in [1.165, 1.54) is 94.6 Å². The standard InChI is InChI=1S/C48H32.C8H10/c1-2-18-34-33(17-1)35-19-3-4-21-37(35)39-23-7-8-25-41(39)43-27-11-12-29-45(43)47-31-15-16-32-48(47)46-30-14-13-28-44(46)42-26-10-9-24-40(42)38-22-6-5-20-36(34)38;1-2-8-6-4-3-5-7-8/h1-32H;3-7H,2H2,1H3. The maximum absolute atomic E-state index is 2.28. The fourth-order valence-corrected chi connectivity index (χ4v) is 8.34. The molecule has 0 radical (unpaired) electrons. The lowest BCUT2D eigenvalue weighted by Crippen LogP contribution is -1.96. The van der Waals surface area contributed by atoms with Crippen molar-refractivity contribution in [1.82, 2.24) is 0 Å². The molecule has 56 heavy (non-hydrogen) atoms. The average molecular weight is 715 g/mol. The first-order valence-electron chi connectivity index (χ1n) is 19.6. The van der Waals surface area contributed by atoms with E-state index in [-0.39, 0.29) is 0 Å². The van der Waals surface area contributed by atoms with E-state index in [9.17, 15) is 0 Å². The molecule has 0 N–H and O–H groups in total. The topological polar surface area (TPSA) is 0 Å². The molecule has 9 aromatic rings. The van der Waals surface area contributed by atoms with Crippen molar-refractivity contribution in [2.24, 2.45) is 0 Å². The van der Waals surface area contributed by atoms with Gasteiger partial charge in [-0.05, 0) is 101 Å². The smallest absolute Gasteiger partial charge is 0.00990 e. The molecular formula is C56H42. The second-order valence-corrected chi connectivity index (χ2v) is 14.2. The fourth-order valence-electron chi connectivity index (χ4n) is 8.34. The van der Waals surface area contributed by atoms with Crippen LogP contribution >= 0.6 is 0 Å². The summed E-state index contributed by atoms with van der Waals surface area (Å²) in [5, 5.41) is 0. The molecule has 0 bridgehead atoms. The van der Waals surface area contributed by atoms with E-state index in [4.69, 9.17) is 0 Å². The van der Waals surface area contributed by atoms with Crippen molar-refractivity contribution < 1.29 is 0 Å². The molecule has 1 aliphatic rings. The van der Waals surface area contributed by atoms with Crippen LogP contribution in [0.1, 0.15) is 12.5 Å². The van der Waals surface area contributed by atoms with Crippen LogP contribution < -0.4 is 0 Å². The highest BCUT2D eigenvalue weighted by Crippen LogP contribution is 2.48. The second-order valence-electron chi connectivity index (χ2n) is 14.2. The molecule has 0 heterocycles. The Kier molecular flexibility index (Phi) is 9.77. The van der Waals surface area contributed by atoms with Gasteiger partial charge in [-0.3, -0.25) is 0 Å². The molecule has 0 atom stereocenters. The summed E-state index contributed by atoms with van der Waals surface area (Å²) in [5.74, 6) is 0. The average Bonchev–Trinajstić information content (AvgIpc) is 3.29. The van der Waals surface area contributed by atoms with Crippen molar-refractivity contribution in [2.45, 2.75) is 13.3 Å². The molecule has 0 aromatic heterocycles. The molecule has 0 spiro atoms. The number of hydrogen-bond acceptors (Lipinski definition) is 0. The Balaban J connectivity index is 0.000000459. The normalized spacial score (nSPS) is 11.0. The van der Waals surface area contributed by atoms with Gasteiger partial charge < -0.3 is 0 Å². The summed E-state index contributed by atoms with van der Waals surface area (Å²) in [6, 6.07) is 81.6. The minimum atomic E-state index is 1.14. The summed E-state index contributed by atoms with van der Waals surface area (Å²) in [4.78, 5) is 0. The molecule has 0 unspecified atom stereocenters. The molecule has 0 heteroatoms. The SMILES string of the molecule is CCc1ccccc1.c1ccc2c(c1)-c1ccccc1-c1ccccc1-c1ccccc1-c1ccccc1-c1ccccc1-c1ccccc1-c1ccccc1-2. The summed E-state index contributed by atoms with van der Waals surface area (Å²) in [7, 11) is 0. The van der Waals surface area contributed by atoms with Crippen LogP contribution in [0.25, 0.3) is 89.0 Å². The molecule has 0 nitrogen and oxygen atoms in total. The van der Waals surface area contributed by atoms with Gasteiger partial charge in [0.05, 0.1) is 0 Å². The van der Waals surface area contributed by atoms with Crippen LogP contribution in [0.3, 0.4) is 0 Å². The van der Waals surface area contributed by atoms with Gasteiger partial charge >= 0.3 is 0 Å². The van der Waals surface area contributed by atoms with Crippen molar-refractivity contribution in [3.8, 4) is 89.0 Å². The predicted octanol–water partition coefficient (Wildman–Crippen LogP) is 15.6. The molecule has 266 valence electrons. The minimum absolute atomic E-state index is 1.14. The van der Waals surface area contributed by atoms with Gasteiger partial charge in [0.2, 0.25) is 0 Å². The van der Waals surface area contributed by atoms with Crippen molar-refractivity contribution in [2.75, 3.05) is 0 Å². The first-order chi connectivity index (χ1) is 27.8. The maximum Gasteiger partial charge on any atom is -0.00990 e. The van der Waals surface area contributed by atoms with E-state index in [0.29, 0.717) is 0 Å². The minimum Gasteiger partial charge on any atom is -0.0622 e. The second kappa shape index (κ2) is 15.8. The molecule has 0 saturated heterocycles. The Labute approximate surface area is 331 Å². The van der Waals surface area contributed by atoms with E-state index in [2.05, 4.69) is 225 Å². The Morgan fingerprint density at radius 2 is 0.304 bits per heavy atom. The highest BCUT2D eigenvalue weighted by Gasteiger charge is 2.22. The van der Waals surface area contributed by atoms with E-state index >= 15 is 0 Å². The summed E-state index contributed by atoms with van der Waals surface area (Å²) in [6.45, 7) is 2.16. The largest absolute Gasteiger partial charge is 0.0622 e. The molecule has 0 saturated carbocycles. The summed E-state index contributed by atoms with van der Waals surface area (Å²) < 4.78 is 0. The summed E-state index contributed by atoms with van der Waals surface area (Å²) in [5.41, 5.74) is 20.9. The lowest BCUT2D eigenvalue weighted by molar-refractivity contribution is 1.14. The number of aryl methyl sites for hydroxylation is 1. The van der Waals surface area contributed by atoms with E-state index < -0.39 is 0 Å². The van der Waals surface area contributed by atoms with Crippen LogP contribution in [0.2, 0.25) is 0 Å². The Morgan fingerprint density at radius 3 is 0.411 bits per heavy atom. The first kappa shape index (κ1) is 34.7. The van der Waals surface area contributed by atoms with Gasteiger partial charge in [0.1, 0.15) is 0 Å². The summed E-state index contributed by atoms with van der Waals surface area (Å²) in [6.07, 6.45) is 1.14. The van der Waals surface area contributed by atoms with Crippen molar-refractivity contribution >= 4 is 0 Å². The van der Waals surface area contributed by atoms with Gasteiger partial charge in [-0.1, -0.05) is 231 Å². The number of benzene rings is 9. The highest BCUT2D eigenvalue weighted by atomic mass is 14.2. The van der Waals surface area contributed by atoms with Crippen LogP contribution in [0.5, 0.6) is 0 Å². The number of fused-ring (bicyclic) bond motifs is 16. The van der Waals surface area contributed by atoms with E-state index in [1.54, 1.807) is 0 Å². The zero-order valence-corrected chi connectivity index (χ0v) is 31.6.